The molecule has 12 heavy (non-hydrogen) atoms. The average molecular weight is 180 g/mol. The van der Waals surface area contributed by atoms with Crippen LogP contribution in [0.25, 0.3) is 0 Å². The van der Waals surface area contributed by atoms with Crippen LogP contribution in [0.5, 0.6) is 5.75 Å². The lowest BCUT2D eigenvalue weighted by atomic mass is 10.2. The van der Waals surface area contributed by atoms with Crippen LogP contribution in [0.15, 0.2) is 24.3 Å². The normalized spacial score (nSPS) is 21.2. The summed E-state index contributed by atoms with van der Waals surface area (Å²) in [6, 6.07) is 8.28. The third-order valence-electron chi connectivity index (χ3n) is 1.99. The van der Waals surface area contributed by atoms with Crippen LogP contribution in [0.4, 0.5) is 0 Å². The lowest BCUT2D eigenvalue weighted by Crippen LogP contribution is -2.16. The number of para-hydroxylation sites is 1. The Hall–Kier alpha value is -0.630. The largest absolute Gasteiger partial charge is 0.480 e. The fourth-order valence-corrected chi connectivity index (χ4v) is 2.31. The highest BCUT2D eigenvalue weighted by molar-refractivity contribution is 7.99. The Bertz CT molecular complexity index is 272. The van der Waals surface area contributed by atoms with Crippen molar-refractivity contribution in [2.75, 3.05) is 0 Å². The fraction of sp³-hybridized carbons (Fsp3) is 0.400. The highest BCUT2D eigenvalue weighted by atomic mass is 32.2. The molecule has 0 radical (unpaired) electrons. The third-order valence-corrected chi connectivity index (χ3v) is 3.27. The Labute approximate surface area is 77.1 Å². The molecule has 0 aromatic heterocycles. The minimum atomic E-state index is 0.361. The van der Waals surface area contributed by atoms with Crippen LogP contribution < -0.4 is 4.74 Å². The van der Waals surface area contributed by atoms with Crippen LogP contribution in [0.1, 0.15) is 18.9 Å². The first-order valence-electron chi connectivity index (χ1n) is 4.26. The van der Waals surface area contributed by atoms with Crippen molar-refractivity contribution in [3.8, 4) is 5.75 Å². The van der Waals surface area contributed by atoms with Crippen molar-refractivity contribution >= 4 is 11.8 Å². The molecule has 0 bridgehead atoms. The summed E-state index contributed by atoms with van der Waals surface area (Å²) >= 11 is 1.88. The van der Waals surface area contributed by atoms with E-state index in [1.165, 1.54) is 5.56 Å². The number of ether oxygens (including phenoxy) is 1. The van der Waals surface area contributed by atoms with Crippen molar-refractivity contribution in [2.45, 2.75) is 24.5 Å². The van der Waals surface area contributed by atoms with E-state index in [9.17, 15) is 0 Å². The summed E-state index contributed by atoms with van der Waals surface area (Å²) in [7, 11) is 0. The number of benzene rings is 1. The summed E-state index contributed by atoms with van der Waals surface area (Å²) < 4.78 is 5.74. The van der Waals surface area contributed by atoms with Crippen molar-refractivity contribution < 1.29 is 4.74 Å². The van der Waals surface area contributed by atoms with E-state index in [2.05, 4.69) is 25.1 Å². The zero-order valence-corrected chi connectivity index (χ0v) is 7.93. The average Bonchev–Trinajstić information content (AvgIpc) is 2.17. The maximum absolute atomic E-state index is 5.74. The number of hydrogen-bond acceptors (Lipinski definition) is 2. The van der Waals surface area contributed by atoms with E-state index in [1.807, 2.05) is 17.8 Å². The molecular formula is C10H12OS. The highest BCUT2D eigenvalue weighted by Crippen LogP contribution is 2.34. The standard InChI is InChI=1S/C10H12OS/c1-2-10-11-9-6-4-3-5-8(9)7-12-10/h3-6,10H,2,7H2,1H3. The van der Waals surface area contributed by atoms with Crippen molar-refractivity contribution in [2.24, 2.45) is 0 Å². The van der Waals surface area contributed by atoms with Crippen LogP contribution in [0.2, 0.25) is 0 Å². The molecule has 2 heteroatoms. The van der Waals surface area contributed by atoms with Crippen LogP contribution in [0.3, 0.4) is 0 Å². The molecule has 1 heterocycles. The van der Waals surface area contributed by atoms with Gasteiger partial charge >= 0.3 is 0 Å². The van der Waals surface area contributed by atoms with Gasteiger partial charge in [-0.3, -0.25) is 0 Å². The molecule has 1 aromatic carbocycles. The van der Waals surface area contributed by atoms with Crippen LogP contribution >= 0.6 is 11.8 Å². The molecule has 1 aromatic rings. The van der Waals surface area contributed by atoms with E-state index < -0.39 is 0 Å². The topological polar surface area (TPSA) is 9.23 Å². The molecule has 0 saturated carbocycles. The molecular weight excluding hydrogens is 168 g/mol. The summed E-state index contributed by atoms with van der Waals surface area (Å²) in [6.45, 7) is 2.16. The quantitative estimate of drug-likeness (QED) is 0.657. The molecule has 0 aliphatic carbocycles. The molecule has 0 fully saturated rings. The van der Waals surface area contributed by atoms with Crippen LogP contribution in [-0.2, 0) is 5.75 Å². The zero-order valence-electron chi connectivity index (χ0n) is 7.12. The predicted molar refractivity (Wildman–Crippen MR) is 52.4 cm³/mol. The Morgan fingerprint density at radius 3 is 3.17 bits per heavy atom. The number of fused-ring (bicyclic) bond motifs is 1. The summed E-state index contributed by atoms with van der Waals surface area (Å²) in [6.07, 6.45) is 1.08. The molecule has 0 N–H and O–H groups in total. The van der Waals surface area contributed by atoms with Crippen LogP contribution in [-0.4, -0.2) is 5.44 Å². The van der Waals surface area contributed by atoms with E-state index in [-0.39, 0.29) is 0 Å². The van der Waals surface area contributed by atoms with Crippen molar-refractivity contribution in [1.82, 2.24) is 0 Å². The van der Waals surface area contributed by atoms with Gasteiger partial charge in [0.15, 0.2) is 0 Å². The molecule has 64 valence electrons. The second-order valence-electron chi connectivity index (χ2n) is 2.87. The van der Waals surface area contributed by atoms with Gasteiger partial charge in [0.25, 0.3) is 0 Å². The van der Waals surface area contributed by atoms with Gasteiger partial charge in [-0.2, -0.15) is 0 Å². The maximum atomic E-state index is 5.74. The monoisotopic (exact) mass is 180 g/mol. The van der Waals surface area contributed by atoms with Gasteiger partial charge in [-0.15, -0.1) is 11.8 Å². The third kappa shape index (κ3) is 1.44. The van der Waals surface area contributed by atoms with Gasteiger partial charge in [0.1, 0.15) is 11.2 Å². The van der Waals surface area contributed by atoms with Crippen LogP contribution in [0, 0.1) is 0 Å². The van der Waals surface area contributed by atoms with Crippen molar-refractivity contribution in [3.63, 3.8) is 0 Å². The van der Waals surface area contributed by atoms with Gasteiger partial charge in [0.2, 0.25) is 0 Å². The van der Waals surface area contributed by atoms with E-state index in [1.54, 1.807) is 0 Å². The molecule has 1 nitrogen and oxygen atoms in total. The number of thioether (sulfide) groups is 1. The van der Waals surface area contributed by atoms with Crippen molar-refractivity contribution in [3.05, 3.63) is 29.8 Å². The molecule has 1 aliphatic heterocycles. The molecule has 0 spiro atoms. The predicted octanol–water partition coefficient (Wildman–Crippen LogP) is 3.05. The van der Waals surface area contributed by atoms with Crippen molar-refractivity contribution in [1.29, 1.82) is 0 Å². The van der Waals surface area contributed by atoms with E-state index >= 15 is 0 Å². The smallest absolute Gasteiger partial charge is 0.144 e. The SMILES string of the molecule is CCC1Oc2ccccc2CS1. The number of hydrogen-bond donors (Lipinski definition) is 0. The van der Waals surface area contributed by atoms with Gasteiger partial charge in [0, 0.05) is 11.3 Å². The highest BCUT2D eigenvalue weighted by Gasteiger charge is 2.17. The first kappa shape index (κ1) is 7.99. The minimum absolute atomic E-state index is 0.361. The minimum Gasteiger partial charge on any atom is -0.480 e. The second kappa shape index (κ2) is 3.40. The molecule has 2 rings (SSSR count). The Balaban J connectivity index is 2.23. The lowest BCUT2D eigenvalue weighted by molar-refractivity contribution is 0.276. The second-order valence-corrected chi connectivity index (χ2v) is 4.02. The van der Waals surface area contributed by atoms with E-state index in [0.717, 1.165) is 17.9 Å². The molecule has 1 atom stereocenters. The molecule has 1 aliphatic rings. The van der Waals surface area contributed by atoms with Gasteiger partial charge in [0.05, 0.1) is 0 Å². The van der Waals surface area contributed by atoms with E-state index in [4.69, 9.17) is 4.74 Å². The summed E-state index contributed by atoms with van der Waals surface area (Å²) in [4.78, 5) is 0. The van der Waals surface area contributed by atoms with Gasteiger partial charge in [-0.25, -0.2) is 0 Å². The van der Waals surface area contributed by atoms with E-state index in [0.29, 0.717) is 5.44 Å². The first-order valence-corrected chi connectivity index (χ1v) is 5.31. The molecule has 1 unspecified atom stereocenters. The van der Waals surface area contributed by atoms with Gasteiger partial charge < -0.3 is 4.74 Å². The fourth-order valence-electron chi connectivity index (χ4n) is 1.30. The molecule has 0 saturated heterocycles. The first-order chi connectivity index (χ1) is 5.90. The summed E-state index contributed by atoms with van der Waals surface area (Å²) in [5.41, 5.74) is 1.69. The van der Waals surface area contributed by atoms with Gasteiger partial charge in [-0.05, 0) is 12.5 Å². The maximum Gasteiger partial charge on any atom is 0.144 e. The van der Waals surface area contributed by atoms with Gasteiger partial charge in [-0.1, -0.05) is 25.1 Å². The number of rotatable bonds is 1. The lowest BCUT2D eigenvalue weighted by Gasteiger charge is -2.24. The zero-order chi connectivity index (χ0) is 8.39. The Morgan fingerprint density at radius 2 is 2.33 bits per heavy atom. The summed E-state index contributed by atoms with van der Waals surface area (Å²) in [5.74, 6) is 2.16. The Kier molecular flexibility index (Phi) is 2.26. The summed E-state index contributed by atoms with van der Waals surface area (Å²) in [5, 5.41) is 0. The molecule has 0 amide bonds. The Morgan fingerprint density at radius 1 is 1.50 bits per heavy atom.